The highest BCUT2D eigenvalue weighted by atomic mass is 35.5. The number of hydrogen-bond acceptors (Lipinski definition) is 5. The van der Waals surface area contributed by atoms with Gasteiger partial charge in [-0.15, -0.1) is 0 Å². The van der Waals surface area contributed by atoms with Crippen molar-refractivity contribution in [3.63, 3.8) is 0 Å². The van der Waals surface area contributed by atoms with Crippen LogP contribution in [0.15, 0.2) is 42.5 Å². The zero-order valence-corrected chi connectivity index (χ0v) is 22.6. The van der Waals surface area contributed by atoms with Gasteiger partial charge in [-0.3, -0.25) is 13.9 Å². The number of nitrogens with one attached hydrogen (secondary N) is 1. The number of halogens is 2. The van der Waals surface area contributed by atoms with Crippen LogP contribution in [0.3, 0.4) is 0 Å². The zero-order chi connectivity index (χ0) is 26.2. The molecule has 1 atom stereocenters. The van der Waals surface area contributed by atoms with Gasteiger partial charge in [0.15, 0.2) is 0 Å². The summed E-state index contributed by atoms with van der Waals surface area (Å²) in [4.78, 5) is 28.0. The largest absolute Gasteiger partial charge is 0.497 e. The van der Waals surface area contributed by atoms with E-state index in [-0.39, 0.29) is 28.2 Å². The van der Waals surface area contributed by atoms with Crippen molar-refractivity contribution in [2.24, 2.45) is 0 Å². The number of hydrogen-bond donors (Lipinski definition) is 1. The van der Waals surface area contributed by atoms with Crippen molar-refractivity contribution in [2.45, 2.75) is 39.3 Å². The van der Waals surface area contributed by atoms with Crippen LogP contribution in [0.5, 0.6) is 5.75 Å². The number of carbonyl (C=O) groups is 2. The lowest BCUT2D eigenvalue weighted by Gasteiger charge is -2.33. The van der Waals surface area contributed by atoms with Gasteiger partial charge in [0, 0.05) is 23.1 Å². The Bertz CT molecular complexity index is 1120. The first kappa shape index (κ1) is 28.7. The third kappa shape index (κ3) is 8.30. The highest BCUT2D eigenvalue weighted by molar-refractivity contribution is 7.92. The molecule has 0 aliphatic heterocycles. The quantitative estimate of drug-likeness (QED) is 0.434. The van der Waals surface area contributed by atoms with Crippen LogP contribution < -0.4 is 14.4 Å². The Hall–Kier alpha value is -2.49. The van der Waals surface area contributed by atoms with Gasteiger partial charge in [-0.05, 0) is 48.7 Å². The molecule has 0 saturated heterocycles. The van der Waals surface area contributed by atoms with Gasteiger partial charge < -0.3 is 15.0 Å². The second kappa shape index (κ2) is 13.0. The molecular weight excluding hydrogens is 513 g/mol. The van der Waals surface area contributed by atoms with E-state index in [4.69, 9.17) is 27.9 Å². The molecule has 0 radical (unpaired) electrons. The third-order valence-corrected chi connectivity index (χ3v) is 6.81. The summed E-state index contributed by atoms with van der Waals surface area (Å²) >= 11 is 12.2. The predicted octanol–water partition coefficient (Wildman–Crippen LogP) is 4.10. The fourth-order valence-electron chi connectivity index (χ4n) is 3.55. The number of benzene rings is 2. The Morgan fingerprint density at radius 1 is 1.09 bits per heavy atom. The van der Waals surface area contributed by atoms with E-state index in [9.17, 15) is 18.0 Å². The molecule has 0 spiro atoms. The van der Waals surface area contributed by atoms with E-state index in [1.54, 1.807) is 25.1 Å². The van der Waals surface area contributed by atoms with Crippen molar-refractivity contribution in [3.05, 3.63) is 58.1 Å². The van der Waals surface area contributed by atoms with E-state index in [1.807, 2.05) is 13.0 Å². The molecule has 2 aromatic carbocycles. The fourth-order valence-corrected chi connectivity index (χ4v) is 4.90. The fraction of sp³-hybridized carbons (Fsp3) is 0.417. The average Bonchev–Trinajstić information content (AvgIpc) is 2.79. The number of carbonyl (C=O) groups excluding carboxylic acids is 2. The molecule has 2 rings (SSSR count). The average molecular weight is 545 g/mol. The van der Waals surface area contributed by atoms with Crippen molar-refractivity contribution in [1.82, 2.24) is 10.2 Å². The Kier molecular flexibility index (Phi) is 10.7. The van der Waals surface area contributed by atoms with Gasteiger partial charge >= 0.3 is 0 Å². The van der Waals surface area contributed by atoms with Gasteiger partial charge in [-0.1, -0.05) is 49.2 Å². The summed E-state index contributed by atoms with van der Waals surface area (Å²) in [6.45, 7) is 3.75. The molecule has 1 N–H and O–H groups in total. The van der Waals surface area contributed by atoms with Crippen molar-refractivity contribution < 1.29 is 22.7 Å². The minimum atomic E-state index is -3.88. The number of nitrogens with zero attached hydrogens (tertiary/aromatic N) is 2. The van der Waals surface area contributed by atoms with Gasteiger partial charge in [-0.2, -0.15) is 0 Å². The summed E-state index contributed by atoms with van der Waals surface area (Å²) in [6, 6.07) is 10.6. The molecule has 2 amide bonds. The van der Waals surface area contributed by atoms with Crippen molar-refractivity contribution in [1.29, 1.82) is 0 Å². The smallest absolute Gasteiger partial charge is 0.244 e. The van der Waals surface area contributed by atoms with E-state index >= 15 is 0 Å². The molecule has 2 aromatic rings. The number of sulfonamides is 1. The molecule has 8 nitrogen and oxygen atoms in total. The summed E-state index contributed by atoms with van der Waals surface area (Å²) in [5, 5.41) is 3.29. The van der Waals surface area contributed by atoms with Crippen LogP contribution in [-0.2, 0) is 26.2 Å². The lowest BCUT2D eigenvalue weighted by Crippen LogP contribution is -2.52. The van der Waals surface area contributed by atoms with E-state index < -0.39 is 28.5 Å². The number of anilines is 1. The second-order valence-corrected chi connectivity index (χ2v) is 10.8. The number of methoxy groups -OCH3 is 1. The molecule has 35 heavy (non-hydrogen) atoms. The van der Waals surface area contributed by atoms with Crippen LogP contribution in [-0.4, -0.2) is 57.6 Å². The van der Waals surface area contributed by atoms with Crippen molar-refractivity contribution in [2.75, 3.05) is 30.8 Å². The summed E-state index contributed by atoms with van der Waals surface area (Å²) in [7, 11) is -2.35. The van der Waals surface area contributed by atoms with Crippen LogP contribution in [0.25, 0.3) is 0 Å². The van der Waals surface area contributed by atoms with Crippen molar-refractivity contribution in [3.8, 4) is 5.75 Å². The van der Waals surface area contributed by atoms with Crippen LogP contribution in [0.1, 0.15) is 32.3 Å². The Labute approximate surface area is 217 Å². The predicted molar refractivity (Wildman–Crippen MR) is 140 cm³/mol. The molecule has 0 aromatic heterocycles. The first-order chi connectivity index (χ1) is 16.5. The Morgan fingerprint density at radius 2 is 1.74 bits per heavy atom. The molecule has 0 bridgehead atoms. The van der Waals surface area contributed by atoms with Gasteiger partial charge in [-0.25, -0.2) is 8.42 Å². The minimum Gasteiger partial charge on any atom is -0.497 e. The molecule has 0 aliphatic carbocycles. The van der Waals surface area contributed by atoms with Gasteiger partial charge in [0.25, 0.3) is 0 Å². The summed E-state index contributed by atoms with van der Waals surface area (Å²) in [5.41, 5.74) is 0.888. The molecule has 11 heteroatoms. The summed E-state index contributed by atoms with van der Waals surface area (Å²) in [5.74, 6) is -0.250. The van der Waals surface area contributed by atoms with E-state index in [1.165, 1.54) is 30.2 Å². The van der Waals surface area contributed by atoms with Crippen LogP contribution in [0.2, 0.25) is 10.0 Å². The van der Waals surface area contributed by atoms with Crippen LogP contribution >= 0.6 is 23.2 Å². The first-order valence-electron chi connectivity index (χ1n) is 11.1. The maximum absolute atomic E-state index is 13.6. The number of ether oxygens (including phenoxy) is 1. The molecule has 0 heterocycles. The molecule has 0 saturated carbocycles. The van der Waals surface area contributed by atoms with Crippen LogP contribution in [0.4, 0.5) is 5.69 Å². The van der Waals surface area contributed by atoms with Gasteiger partial charge in [0.05, 0.1) is 19.1 Å². The maximum atomic E-state index is 13.6. The van der Waals surface area contributed by atoms with Crippen molar-refractivity contribution >= 4 is 50.7 Å². The zero-order valence-electron chi connectivity index (χ0n) is 20.3. The highest BCUT2D eigenvalue weighted by Crippen LogP contribution is 2.27. The maximum Gasteiger partial charge on any atom is 0.244 e. The molecule has 0 aliphatic rings. The van der Waals surface area contributed by atoms with Gasteiger partial charge in [0.2, 0.25) is 21.8 Å². The van der Waals surface area contributed by atoms with E-state index in [0.29, 0.717) is 18.7 Å². The minimum absolute atomic E-state index is 0.0853. The van der Waals surface area contributed by atoms with Gasteiger partial charge in [0.1, 0.15) is 18.3 Å². The number of rotatable bonds is 12. The lowest BCUT2D eigenvalue weighted by molar-refractivity contribution is -0.140. The molecule has 0 fully saturated rings. The standard InChI is InChI=1S/C24H31Cl2N3O5S/c1-5-10-27-24(31)22(6-2)28(15-17-8-7-9-21(11-17)34-3)23(30)16-29(35(4,32)33)20-13-18(25)12-19(26)14-20/h7-9,11-14,22H,5-6,10,15-16H2,1-4H3,(H,27,31)/t22-/m0/s1. The normalized spacial score (nSPS) is 12.1. The monoisotopic (exact) mass is 543 g/mol. The Balaban J connectivity index is 2.47. The third-order valence-electron chi connectivity index (χ3n) is 5.24. The van der Waals surface area contributed by atoms with E-state index in [2.05, 4.69) is 5.32 Å². The molecular formula is C24H31Cl2N3O5S. The second-order valence-electron chi connectivity index (χ2n) is 7.99. The topological polar surface area (TPSA) is 96.0 Å². The summed E-state index contributed by atoms with van der Waals surface area (Å²) < 4.78 is 31.5. The molecule has 192 valence electrons. The van der Waals surface area contributed by atoms with Crippen LogP contribution in [0, 0.1) is 0 Å². The molecule has 0 unspecified atom stereocenters. The number of amides is 2. The highest BCUT2D eigenvalue weighted by Gasteiger charge is 2.31. The summed E-state index contributed by atoms with van der Waals surface area (Å²) in [6.07, 6.45) is 2.07. The Morgan fingerprint density at radius 3 is 2.29 bits per heavy atom. The lowest BCUT2D eigenvalue weighted by atomic mass is 10.1. The van der Waals surface area contributed by atoms with E-state index in [0.717, 1.165) is 22.5 Å². The SMILES string of the molecule is CCCNC(=O)[C@H](CC)N(Cc1cccc(OC)c1)C(=O)CN(c1cc(Cl)cc(Cl)c1)S(C)(=O)=O. The first-order valence-corrected chi connectivity index (χ1v) is 13.7.